The molecule has 0 aromatic heterocycles. The van der Waals surface area contributed by atoms with Crippen LogP contribution in [0.4, 0.5) is 21.0 Å². The average molecular weight is 563 g/mol. The summed E-state index contributed by atoms with van der Waals surface area (Å²) in [5, 5.41) is 27.5. The van der Waals surface area contributed by atoms with Gasteiger partial charge in [0.2, 0.25) is 0 Å². The molecule has 0 bridgehead atoms. The highest BCUT2D eigenvalue weighted by atomic mass is 16.6. The summed E-state index contributed by atoms with van der Waals surface area (Å²) in [5.41, 5.74) is -1.11. The van der Waals surface area contributed by atoms with E-state index in [-0.39, 0.29) is 49.2 Å². The fraction of sp³-hybridized carbons (Fsp3) is 0.462. The van der Waals surface area contributed by atoms with Crippen molar-refractivity contribution in [2.24, 2.45) is 0 Å². The molecular formula is C26H34N4O10. The number of alkyl carbamates (subject to hydrolysis) is 2. The van der Waals surface area contributed by atoms with Crippen LogP contribution in [0.25, 0.3) is 0 Å². The van der Waals surface area contributed by atoms with Crippen LogP contribution < -0.4 is 20.1 Å². The number of hydrogen-bond donors (Lipinski definition) is 2. The van der Waals surface area contributed by atoms with Gasteiger partial charge in [-0.3, -0.25) is 20.2 Å². The number of nitro groups is 2. The fourth-order valence-corrected chi connectivity index (χ4v) is 3.18. The second-order valence-electron chi connectivity index (χ2n) is 10.5. The minimum Gasteiger partial charge on any atom is -0.490 e. The molecule has 14 nitrogen and oxygen atoms in total. The summed E-state index contributed by atoms with van der Waals surface area (Å²) in [4.78, 5) is 45.4. The molecule has 40 heavy (non-hydrogen) atoms. The molecule has 0 fully saturated rings. The van der Waals surface area contributed by atoms with Gasteiger partial charge in [-0.1, -0.05) is 0 Å². The minimum atomic E-state index is -0.720. The number of hydrogen-bond acceptors (Lipinski definition) is 10. The first kappa shape index (κ1) is 31.6. The molecule has 0 saturated carbocycles. The lowest BCUT2D eigenvalue weighted by molar-refractivity contribution is -0.385. The third-order valence-electron chi connectivity index (χ3n) is 4.75. The van der Waals surface area contributed by atoms with Gasteiger partial charge in [-0.2, -0.15) is 0 Å². The Morgan fingerprint density at radius 1 is 0.700 bits per heavy atom. The number of nitrogens with one attached hydrogen (secondary N) is 2. The minimum absolute atomic E-state index is 0.00678. The topological polar surface area (TPSA) is 181 Å². The molecule has 2 aromatic carbocycles. The first-order valence-corrected chi connectivity index (χ1v) is 12.3. The van der Waals surface area contributed by atoms with Gasteiger partial charge in [-0.15, -0.1) is 0 Å². The van der Waals surface area contributed by atoms with Gasteiger partial charge in [-0.25, -0.2) is 9.59 Å². The Hall–Kier alpha value is -4.62. The quantitative estimate of drug-likeness (QED) is 0.214. The van der Waals surface area contributed by atoms with Crippen LogP contribution in [0, 0.1) is 20.2 Å². The van der Waals surface area contributed by atoms with Gasteiger partial charge < -0.3 is 29.6 Å². The lowest BCUT2D eigenvalue weighted by Gasteiger charge is -2.20. The van der Waals surface area contributed by atoms with Crippen molar-refractivity contribution >= 4 is 23.6 Å². The summed E-state index contributed by atoms with van der Waals surface area (Å²) in [6.07, 6.45) is -1.39. The molecule has 0 heterocycles. The molecular weight excluding hydrogens is 528 g/mol. The van der Waals surface area contributed by atoms with Crippen molar-refractivity contribution in [1.82, 2.24) is 10.6 Å². The van der Waals surface area contributed by atoms with Crippen LogP contribution in [0.1, 0.15) is 52.7 Å². The monoisotopic (exact) mass is 562 g/mol. The maximum absolute atomic E-state index is 12.0. The van der Waals surface area contributed by atoms with E-state index in [9.17, 15) is 29.8 Å². The summed E-state index contributed by atoms with van der Waals surface area (Å²) >= 11 is 0. The molecule has 2 aromatic rings. The molecule has 218 valence electrons. The molecule has 0 saturated heterocycles. The van der Waals surface area contributed by atoms with E-state index in [0.717, 1.165) is 0 Å². The standard InChI is InChI=1S/C26H34N4O10/c1-25(2,3)39-23(31)27-15-17-13-19(29(33)34)7-9-21(17)37-11-12-38-22-10-8-20(30(35)36)14-18(22)16-28-24(32)40-26(4,5)6/h7-10,13-14H,11-12,15-16H2,1-6H3,(H,27,31)(H,28,32). The van der Waals surface area contributed by atoms with Crippen molar-refractivity contribution in [3.8, 4) is 11.5 Å². The Labute approximate surface area is 231 Å². The lowest BCUT2D eigenvalue weighted by atomic mass is 10.1. The number of nitro benzene ring substituents is 2. The molecule has 0 atom stereocenters. The van der Waals surface area contributed by atoms with Crippen LogP contribution in [0.2, 0.25) is 0 Å². The highest BCUT2D eigenvalue weighted by Crippen LogP contribution is 2.26. The predicted octanol–water partition coefficient (Wildman–Crippen LogP) is 5.01. The second-order valence-corrected chi connectivity index (χ2v) is 10.5. The van der Waals surface area contributed by atoms with Crippen LogP contribution in [0.5, 0.6) is 11.5 Å². The lowest BCUT2D eigenvalue weighted by Crippen LogP contribution is -2.32. The van der Waals surface area contributed by atoms with E-state index in [1.54, 1.807) is 41.5 Å². The molecule has 2 N–H and O–H groups in total. The maximum Gasteiger partial charge on any atom is 0.407 e. The SMILES string of the molecule is CC(C)(C)OC(=O)NCc1cc([N+](=O)[O-])ccc1OCCOc1ccc([N+](=O)[O-])cc1CNC(=O)OC(C)(C)C. The van der Waals surface area contributed by atoms with E-state index >= 15 is 0 Å². The Morgan fingerprint density at radius 3 is 1.35 bits per heavy atom. The number of rotatable bonds is 11. The van der Waals surface area contributed by atoms with Crippen molar-refractivity contribution in [2.75, 3.05) is 13.2 Å². The number of carbonyl (C=O) groups excluding carboxylic acids is 2. The summed E-state index contributed by atoms with van der Waals surface area (Å²) in [6, 6.07) is 7.92. The third-order valence-corrected chi connectivity index (χ3v) is 4.75. The van der Waals surface area contributed by atoms with Gasteiger partial charge in [0.25, 0.3) is 11.4 Å². The van der Waals surface area contributed by atoms with Crippen molar-refractivity contribution in [3.63, 3.8) is 0 Å². The summed E-state index contributed by atoms with van der Waals surface area (Å²) in [5.74, 6) is 0.557. The number of amides is 2. The van der Waals surface area contributed by atoms with Gasteiger partial charge in [0.05, 0.1) is 22.9 Å². The van der Waals surface area contributed by atoms with E-state index in [1.165, 1.54) is 36.4 Å². The van der Waals surface area contributed by atoms with Gasteiger partial charge in [-0.05, 0) is 53.7 Å². The molecule has 2 rings (SSSR count). The van der Waals surface area contributed by atoms with E-state index < -0.39 is 33.2 Å². The van der Waals surface area contributed by atoms with Gasteiger partial charge in [0.15, 0.2) is 0 Å². The van der Waals surface area contributed by atoms with Crippen LogP contribution >= 0.6 is 0 Å². The van der Waals surface area contributed by atoms with Gasteiger partial charge in [0, 0.05) is 35.4 Å². The van der Waals surface area contributed by atoms with Crippen molar-refractivity contribution < 1.29 is 38.4 Å². The van der Waals surface area contributed by atoms with E-state index in [4.69, 9.17) is 18.9 Å². The number of ether oxygens (including phenoxy) is 4. The molecule has 0 spiro atoms. The Kier molecular flexibility index (Phi) is 10.6. The fourth-order valence-electron chi connectivity index (χ4n) is 3.18. The molecule has 0 radical (unpaired) electrons. The van der Waals surface area contributed by atoms with E-state index in [2.05, 4.69) is 10.6 Å². The Bertz CT molecular complexity index is 1140. The molecule has 14 heteroatoms. The normalized spacial score (nSPS) is 11.2. The molecule has 0 unspecified atom stereocenters. The summed E-state index contributed by atoms with van der Waals surface area (Å²) in [7, 11) is 0. The van der Waals surface area contributed by atoms with Gasteiger partial charge in [0.1, 0.15) is 35.9 Å². The number of nitrogens with zero attached hydrogens (tertiary/aromatic N) is 2. The van der Waals surface area contributed by atoms with Crippen LogP contribution in [-0.2, 0) is 22.6 Å². The zero-order valence-corrected chi connectivity index (χ0v) is 23.3. The van der Waals surface area contributed by atoms with Crippen molar-refractivity contribution in [2.45, 2.75) is 65.8 Å². The van der Waals surface area contributed by atoms with Crippen LogP contribution in [0.3, 0.4) is 0 Å². The Balaban J connectivity index is 2.07. The predicted molar refractivity (Wildman–Crippen MR) is 143 cm³/mol. The number of non-ortho nitro benzene ring substituents is 2. The van der Waals surface area contributed by atoms with Crippen molar-refractivity contribution in [3.05, 3.63) is 67.8 Å². The molecule has 0 aliphatic heterocycles. The van der Waals surface area contributed by atoms with Gasteiger partial charge >= 0.3 is 12.2 Å². The zero-order chi connectivity index (χ0) is 30.1. The Morgan fingerprint density at radius 2 is 1.05 bits per heavy atom. The first-order valence-electron chi connectivity index (χ1n) is 12.3. The molecule has 2 amide bonds. The molecule has 0 aliphatic carbocycles. The second kappa shape index (κ2) is 13.4. The number of carbonyl (C=O) groups is 2. The highest BCUT2D eigenvalue weighted by Gasteiger charge is 2.19. The van der Waals surface area contributed by atoms with Crippen LogP contribution in [0.15, 0.2) is 36.4 Å². The largest absolute Gasteiger partial charge is 0.490 e. The summed E-state index contributed by atoms with van der Waals surface area (Å²) < 4.78 is 21.9. The third kappa shape index (κ3) is 11.0. The van der Waals surface area contributed by atoms with Crippen molar-refractivity contribution in [1.29, 1.82) is 0 Å². The highest BCUT2D eigenvalue weighted by molar-refractivity contribution is 5.68. The zero-order valence-electron chi connectivity index (χ0n) is 23.3. The molecule has 0 aliphatic rings. The maximum atomic E-state index is 12.0. The smallest absolute Gasteiger partial charge is 0.407 e. The van der Waals surface area contributed by atoms with E-state index in [1.807, 2.05) is 0 Å². The summed E-state index contributed by atoms with van der Waals surface area (Å²) in [6.45, 7) is 10.1. The van der Waals surface area contributed by atoms with Crippen LogP contribution in [-0.4, -0.2) is 46.4 Å². The number of benzene rings is 2. The average Bonchev–Trinajstić information content (AvgIpc) is 2.82. The van der Waals surface area contributed by atoms with E-state index in [0.29, 0.717) is 11.1 Å². The first-order chi connectivity index (χ1) is 18.5.